The zero-order valence-corrected chi connectivity index (χ0v) is 20.9. The summed E-state index contributed by atoms with van der Waals surface area (Å²) in [5.41, 5.74) is 4.52. The first-order chi connectivity index (χ1) is 16.2. The zero-order chi connectivity index (χ0) is 24.6. The number of ether oxygens (including phenoxy) is 1. The molecule has 0 saturated heterocycles. The summed E-state index contributed by atoms with van der Waals surface area (Å²) in [4.78, 5) is 27.0. The summed E-state index contributed by atoms with van der Waals surface area (Å²) in [5, 5.41) is 4.68. The van der Waals surface area contributed by atoms with Gasteiger partial charge in [0.15, 0.2) is 0 Å². The molecule has 9 heteroatoms. The second-order valence-corrected chi connectivity index (χ2v) is 9.03. The fourth-order valence-corrected chi connectivity index (χ4v) is 3.85. The molecule has 0 fully saturated rings. The van der Waals surface area contributed by atoms with E-state index < -0.39 is 0 Å². The molecule has 0 saturated carbocycles. The van der Waals surface area contributed by atoms with Crippen LogP contribution >= 0.6 is 11.6 Å². The Kier molecular flexibility index (Phi) is 6.52. The third-order valence-corrected chi connectivity index (χ3v) is 5.85. The summed E-state index contributed by atoms with van der Waals surface area (Å²) in [6.45, 7) is 9.88. The minimum atomic E-state index is -0.211. The van der Waals surface area contributed by atoms with Crippen LogP contribution in [0.4, 0.5) is 0 Å². The third-order valence-electron chi connectivity index (χ3n) is 5.56. The number of hydrogen-bond donors (Lipinski definition) is 0. The molecular weight excluding hydrogens is 452 g/mol. The molecule has 0 aliphatic rings. The van der Waals surface area contributed by atoms with Crippen LogP contribution in [-0.2, 0) is 13.7 Å². The summed E-state index contributed by atoms with van der Waals surface area (Å²) >= 11 is 6.52. The lowest BCUT2D eigenvalue weighted by molar-refractivity contribution is 0.296. The average Bonchev–Trinajstić information content (AvgIpc) is 3.22. The molecule has 4 rings (SSSR count). The van der Waals surface area contributed by atoms with Crippen LogP contribution in [-0.4, -0.2) is 29.3 Å². The molecular formula is C25H27ClN6O2. The van der Waals surface area contributed by atoms with Gasteiger partial charge in [0.1, 0.15) is 18.2 Å². The normalized spacial score (nSPS) is 11.3. The maximum Gasteiger partial charge on any atom is 0.261 e. The molecule has 0 aliphatic carbocycles. The van der Waals surface area contributed by atoms with Gasteiger partial charge in [-0.3, -0.25) is 19.0 Å². The van der Waals surface area contributed by atoms with E-state index >= 15 is 0 Å². The molecule has 4 aromatic rings. The van der Waals surface area contributed by atoms with Gasteiger partial charge in [-0.05, 0) is 38.5 Å². The van der Waals surface area contributed by atoms with E-state index in [-0.39, 0.29) is 18.1 Å². The van der Waals surface area contributed by atoms with Crippen molar-refractivity contribution in [2.24, 2.45) is 7.05 Å². The Morgan fingerprint density at radius 3 is 2.56 bits per heavy atom. The van der Waals surface area contributed by atoms with Gasteiger partial charge in [-0.15, -0.1) is 0 Å². The van der Waals surface area contributed by atoms with Gasteiger partial charge in [-0.1, -0.05) is 25.4 Å². The van der Waals surface area contributed by atoms with Crippen molar-refractivity contribution in [1.82, 2.24) is 29.3 Å². The topological polar surface area (TPSA) is 87.7 Å². The van der Waals surface area contributed by atoms with E-state index in [9.17, 15) is 4.79 Å². The number of rotatable bonds is 6. The van der Waals surface area contributed by atoms with Crippen LogP contribution in [0.1, 0.15) is 48.1 Å². The predicted octanol–water partition coefficient (Wildman–Crippen LogP) is 4.70. The van der Waals surface area contributed by atoms with Crippen molar-refractivity contribution in [3.8, 4) is 22.8 Å². The van der Waals surface area contributed by atoms with Crippen LogP contribution in [0.15, 0.2) is 41.6 Å². The standard InChI is InChI=1S/C25H27ClN6O2/c1-14(2)24-28-11-15(3)23(29-24)20-10-21(19(26)12-27-20)32-16(4)9-22(17(5)25(32)33)34-13-18-7-8-31(6)30-18/h7-12,14H,13H2,1-6H3. The Morgan fingerprint density at radius 1 is 1.12 bits per heavy atom. The van der Waals surface area contributed by atoms with Gasteiger partial charge in [0.05, 0.1) is 33.4 Å². The lowest BCUT2D eigenvalue weighted by atomic mass is 10.1. The lowest BCUT2D eigenvalue weighted by Crippen LogP contribution is -2.24. The Balaban J connectivity index is 1.76. The van der Waals surface area contributed by atoms with Crippen molar-refractivity contribution in [1.29, 1.82) is 0 Å². The second kappa shape index (κ2) is 9.38. The number of aromatic nitrogens is 6. The molecule has 176 valence electrons. The Labute approximate surface area is 203 Å². The van der Waals surface area contributed by atoms with Gasteiger partial charge in [-0.25, -0.2) is 9.97 Å². The molecule has 0 amide bonds. The summed E-state index contributed by atoms with van der Waals surface area (Å²) in [7, 11) is 1.85. The third kappa shape index (κ3) is 4.59. The summed E-state index contributed by atoms with van der Waals surface area (Å²) in [5.74, 6) is 1.43. The molecule has 0 aromatic carbocycles. The monoisotopic (exact) mass is 478 g/mol. The lowest BCUT2D eigenvalue weighted by Gasteiger charge is -2.17. The molecule has 0 spiro atoms. The smallest absolute Gasteiger partial charge is 0.261 e. The van der Waals surface area contributed by atoms with Crippen LogP contribution in [0.5, 0.6) is 5.75 Å². The van der Waals surface area contributed by atoms with Crippen LogP contribution in [0.2, 0.25) is 5.02 Å². The molecule has 0 atom stereocenters. The number of hydrogen-bond acceptors (Lipinski definition) is 6. The van der Waals surface area contributed by atoms with Crippen LogP contribution in [0, 0.1) is 20.8 Å². The van der Waals surface area contributed by atoms with E-state index in [1.165, 1.54) is 0 Å². The highest BCUT2D eigenvalue weighted by atomic mass is 35.5. The Hall–Kier alpha value is -3.52. The molecule has 0 N–H and O–H groups in total. The van der Waals surface area contributed by atoms with Crippen LogP contribution in [0.25, 0.3) is 17.1 Å². The largest absolute Gasteiger partial charge is 0.487 e. The number of aryl methyl sites for hydroxylation is 3. The van der Waals surface area contributed by atoms with E-state index in [0.717, 1.165) is 17.1 Å². The van der Waals surface area contributed by atoms with Crippen molar-refractivity contribution in [2.45, 2.75) is 47.1 Å². The first-order valence-electron chi connectivity index (χ1n) is 11.0. The van der Waals surface area contributed by atoms with Crippen LogP contribution in [0.3, 0.4) is 0 Å². The van der Waals surface area contributed by atoms with Crippen molar-refractivity contribution < 1.29 is 4.74 Å². The second-order valence-electron chi connectivity index (χ2n) is 8.62. The quantitative estimate of drug-likeness (QED) is 0.399. The Bertz CT molecular complexity index is 1420. The minimum absolute atomic E-state index is 0.178. The van der Waals surface area contributed by atoms with Crippen LogP contribution < -0.4 is 10.3 Å². The van der Waals surface area contributed by atoms with Crippen molar-refractivity contribution in [3.05, 3.63) is 80.5 Å². The highest BCUT2D eigenvalue weighted by Crippen LogP contribution is 2.28. The fraction of sp³-hybridized carbons (Fsp3) is 0.320. The number of pyridine rings is 2. The molecule has 0 bridgehead atoms. The highest BCUT2D eigenvalue weighted by Gasteiger charge is 2.18. The highest BCUT2D eigenvalue weighted by molar-refractivity contribution is 6.32. The van der Waals surface area contributed by atoms with Gasteiger partial charge in [0.2, 0.25) is 0 Å². The molecule has 0 unspecified atom stereocenters. The zero-order valence-electron chi connectivity index (χ0n) is 20.1. The van der Waals surface area contributed by atoms with Gasteiger partial charge < -0.3 is 4.74 Å². The summed E-state index contributed by atoms with van der Waals surface area (Å²) < 4.78 is 9.20. The molecule has 4 aromatic heterocycles. The number of nitrogens with zero attached hydrogens (tertiary/aromatic N) is 6. The fourth-order valence-electron chi connectivity index (χ4n) is 3.66. The maximum atomic E-state index is 13.4. The molecule has 0 radical (unpaired) electrons. The van der Waals surface area contributed by atoms with E-state index in [1.54, 1.807) is 34.6 Å². The van der Waals surface area contributed by atoms with E-state index in [0.29, 0.717) is 39.1 Å². The molecule has 8 nitrogen and oxygen atoms in total. The van der Waals surface area contributed by atoms with Crippen molar-refractivity contribution in [3.63, 3.8) is 0 Å². The van der Waals surface area contributed by atoms with Crippen molar-refractivity contribution in [2.75, 3.05) is 0 Å². The average molecular weight is 479 g/mol. The van der Waals surface area contributed by atoms with Gasteiger partial charge in [-0.2, -0.15) is 5.10 Å². The van der Waals surface area contributed by atoms with Gasteiger partial charge in [0, 0.05) is 43.3 Å². The molecule has 4 heterocycles. The summed E-state index contributed by atoms with van der Waals surface area (Å²) in [6, 6.07) is 5.51. The Morgan fingerprint density at radius 2 is 1.88 bits per heavy atom. The predicted molar refractivity (Wildman–Crippen MR) is 132 cm³/mol. The maximum absolute atomic E-state index is 13.4. The first-order valence-corrected chi connectivity index (χ1v) is 11.4. The first kappa shape index (κ1) is 23.6. The minimum Gasteiger partial charge on any atom is -0.487 e. The van der Waals surface area contributed by atoms with Gasteiger partial charge >= 0.3 is 0 Å². The summed E-state index contributed by atoms with van der Waals surface area (Å²) in [6.07, 6.45) is 5.19. The van der Waals surface area contributed by atoms with E-state index in [4.69, 9.17) is 21.3 Å². The molecule has 0 aliphatic heterocycles. The van der Waals surface area contributed by atoms with Crippen molar-refractivity contribution >= 4 is 11.6 Å². The van der Waals surface area contributed by atoms with E-state index in [1.807, 2.05) is 53.1 Å². The SMILES string of the molecule is Cc1cnc(C(C)C)nc1-c1cc(-n2c(C)cc(OCc3ccn(C)n3)c(C)c2=O)c(Cl)cn1. The molecule has 34 heavy (non-hydrogen) atoms. The van der Waals surface area contributed by atoms with E-state index in [2.05, 4.69) is 15.1 Å². The van der Waals surface area contributed by atoms with Gasteiger partial charge in [0.25, 0.3) is 5.56 Å². The number of halogens is 1.